The molecule has 1 N–H and O–H groups in total. The number of carbonyl (C=O) groups excluding carboxylic acids is 1. The molecular weight excluding hydrogens is 190 g/mol. The molecule has 1 amide bonds. The van der Waals surface area contributed by atoms with Crippen LogP contribution in [0.3, 0.4) is 0 Å². The first kappa shape index (κ1) is 11.3. The fourth-order valence-corrected chi connectivity index (χ4v) is 1.28. The van der Waals surface area contributed by atoms with Gasteiger partial charge in [0.2, 0.25) is 0 Å². The number of aryl methyl sites for hydroxylation is 1. The Hall–Kier alpha value is -1.76. The first-order chi connectivity index (χ1) is 7.19. The first-order valence-corrected chi connectivity index (χ1v) is 4.89. The van der Waals surface area contributed by atoms with Gasteiger partial charge in [0.1, 0.15) is 5.69 Å². The number of hydrogen-bond donors (Lipinski definition) is 1. The fourth-order valence-electron chi connectivity index (χ4n) is 1.28. The van der Waals surface area contributed by atoms with E-state index in [0.717, 1.165) is 6.42 Å². The summed E-state index contributed by atoms with van der Waals surface area (Å²) in [6.45, 7) is 1.99. The Bertz CT molecular complexity index is 375. The standard InChI is InChI=1S/C11H15N3O/c1-4-6-9(5-2)13-11(15)10-7-12-8-14(10)3/h1,7-9H,5-6H2,2-3H3,(H,13,15). The number of carbonyl (C=O) groups is 1. The molecule has 4 nitrogen and oxygen atoms in total. The number of aromatic nitrogens is 2. The number of rotatable bonds is 4. The molecule has 15 heavy (non-hydrogen) atoms. The predicted molar refractivity (Wildman–Crippen MR) is 58.2 cm³/mol. The van der Waals surface area contributed by atoms with E-state index in [4.69, 9.17) is 6.42 Å². The highest BCUT2D eigenvalue weighted by molar-refractivity contribution is 5.92. The van der Waals surface area contributed by atoms with Crippen LogP contribution in [0.1, 0.15) is 30.3 Å². The van der Waals surface area contributed by atoms with Crippen molar-refractivity contribution in [1.82, 2.24) is 14.9 Å². The molecule has 0 radical (unpaired) electrons. The van der Waals surface area contributed by atoms with Gasteiger partial charge in [0.25, 0.3) is 5.91 Å². The zero-order chi connectivity index (χ0) is 11.3. The Morgan fingerprint density at radius 2 is 2.53 bits per heavy atom. The molecule has 1 rings (SSSR count). The lowest BCUT2D eigenvalue weighted by molar-refractivity contribution is 0.0928. The molecule has 1 aromatic heterocycles. The number of nitrogens with zero attached hydrogens (tertiary/aromatic N) is 2. The molecule has 0 aliphatic carbocycles. The average Bonchev–Trinajstić information content (AvgIpc) is 2.63. The molecule has 0 saturated carbocycles. The normalized spacial score (nSPS) is 11.8. The Balaban J connectivity index is 2.63. The maximum absolute atomic E-state index is 11.7. The van der Waals surface area contributed by atoms with E-state index in [1.54, 1.807) is 17.9 Å². The summed E-state index contributed by atoms with van der Waals surface area (Å²) >= 11 is 0. The van der Waals surface area contributed by atoms with E-state index in [9.17, 15) is 4.79 Å². The summed E-state index contributed by atoms with van der Waals surface area (Å²) < 4.78 is 1.68. The summed E-state index contributed by atoms with van der Waals surface area (Å²) in [6, 6.07) is 0.0393. The number of terminal acetylenes is 1. The van der Waals surface area contributed by atoms with Gasteiger partial charge in [-0.05, 0) is 6.42 Å². The molecule has 1 aromatic rings. The number of imidazole rings is 1. The van der Waals surface area contributed by atoms with Gasteiger partial charge in [-0.2, -0.15) is 0 Å². The molecule has 0 aromatic carbocycles. The van der Waals surface area contributed by atoms with Gasteiger partial charge in [-0.3, -0.25) is 4.79 Å². The van der Waals surface area contributed by atoms with Gasteiger partial charge in [0, 0.05) is 19.5 Å². The van der Waals surface area contributed by atoms with Gasteiger partial charge in [-0.25, -0.2) is 4.98 Å². The topological polar surface area (TPSA) is 46.9 Å². The minimum atomic E-state index is -0.128. The molecule has 0 fully saturated rings. The summed E-state index contributed by atoms with van der Waals surface area (Å²) in [6.07, 6.45) is 9.73. The van der Waals surface area contributed by atoms with Crippen LogP contribution in [0.5, 0.6) is 0 Å². The highest BCUT2D eigenvalue weighted by Gasteiger charge is 2.13. The lowest BCUT2D eigenvalue weighted by atomic mass is 10.1. The molecule has 1 heterocycles. The molecular formula is C11H15N3O. The third-order valence-electron chi connectivity index (χ3n) is 2.24. The van der Waals surface area contributed by atoms with Crippen molar-refractivity contribution in [3.63, 3.8) is 0 Å². The van der Waals surface area contributed by atoms with Crippen molar-refractivity contribution in [2.75, 3.05) is 0 Å². The molecule has 0 spiro atoms. The van der Waals surface area contributed by atoms with Gasteiger partial charge in [0.15, 0.2) is 0 Å². The van der Waals surface area contributed by atoms with Crippen LogP contribution < -0.4 is 5.32 Å². The summed E-state index contributed by atoms with van der Waals surface area (Å²) in [5.74, 6) is 2.42. The quantitative estimate of drug-likeness (QED) is 0.744. The third kappa shape index (κ3) is 2.84. The van der Waals surface area contributed by atoms with E-state index in [2.05, 4.69) is 16.2 Å². The molecule has 1 atom stereocenters. The molecule has 1 unspecified atom stereocenters. The summed E-state index contributed by atoms with van der Waals surface area (Å²) in [4.78, 5) is 15.6. The Kier molecular flexibility index (Phi) is 3.92. The SMILES string of the molecule is C#CCC(CC)NC(=O)c1cncn1C. The van der Waals surface area contributed by atoms with Gasteiger partial charge in [0.05, 0.1) is 12.5 Å². The monoisotopic (exact) mass is 205 g/mol. The van der Waals surface area contributed by atoms with Gasteiger partial charge in [-0.1, -0.05) is 6.92 Å². The predicted octanol–water partition coefficient (Wildman–Crippen LogP) is 0.952. The van der Waals surface area contributed by atoms with Crippen LogP contribution in [0, 0.1) is 12.3 Å². The second kappa shape index (κ2) is 5.20. The molecule has 4 heteroatoms. The van der Waals surface area contributed by atoms with Crippen molar-refractivity contribution in [2.45, 2.75) is 25.8 Å². The average molecular weight is 205 g/mol. The first-order valence-electron chi connectivity index (χ1n) is 4.89. The highest BCUT2D eigenvalue weighted by atomic mass is 16.2. The lowest BCUT2D eigenvalue weighted by Gasteiger charge is -2.13. The highest BCUT2D eigenvalue weighted by Crippen LogP contribution is 2.01. The van der Waals surface area contributed by atoms with Crippen molar-refractivity contribution in [1.29, 1.82) is 0 Å². The van der Waals surface area contributed by atoms with Gasteiger partial charge in [-0.15, -0.1) is 12.3 Å². The maximum atomic E-state index is 11.7. The van der Waals surface area contributed by atoms with Crippen molar-refractivity contribution in [3.05, 3.63) is 18.2 Å². The Morgan fingerprint density at radius 1 is 1.80 bits per heavy atom. The van der Waals surface area contributed by atoms with E-state index < -0.39 is 0 Å². The Labute approximate surface area is 89.7 Å². The smallest absolute Gasteiger partial charge is 0.269 e. The summed E-state index contributed by atoms with van der Waals surface area (Å²) in [7, 11) is 1.78. The van der Waals surface area contributed by atoms with E-state index in [1.807, 2.05) is 6.92 Å². The van der Waals surface area contributed by atoms with Crippen LogP contribution in [0.2, 0.25) is 0 Å². The zero-order valence-electron chi connectivity index (χ0n) is 9.03. The van der Waals surface area contributed by atoms with Crippen molar-refractivity contribution < 1.29 is 4.79 Å². The Morgan fingerprint density at radius 3 is 3.00 bits per heavy atom. The fraction of sp³-hybridized carbons (Fsp3) is 0.455. The zero-order valence-corrected chi connectivity index (χ0v) is 9.03. The minimum absolute atomic E-state index is 0.0393. The van der Waals surface area contributed by atoms with Crippen LogP contribution in [-0.2, 0) is 7.05 Å². The lowest BCUT2D eigenvalue weighted by Crippen LogP contribution is -2.35. The van der Waals surface area contributed by atoms with E-state index >= 15 is 0 Å². The molecule has 0 bridgehead atoms. The minimum Gasteiger partial charge on any atom is -0.347 e. The third-order valence-corrected chi connectivity index (χ3v) is 2.24. The molecule has 0 aliphatic rings. The number of nitrogens with one attached hydrogen (secondary N) is 1. The van der Waals surface area contributed by atoms with Crippen molar-refractivity contribution in [2.24, 2.45) is 7.05 Å². The largest absolute Gasteiger partial charge is 0.347 e. The van der Waals surface area contributed by atoms with Crippen LogP contribution >= 0.6 is 0 Å². The van der Waals surface area contributed by atoms with E-state index in [-0.39, 0.29) is 11.9 Å². The second-order valence-electron chi connectivity index (χ2n) is 3.38. The summed E-state index contributed by atoms with van der Waals surface area (Å²) in [5.41, 5.74) is 0.547. The van der Waals surface area contributed by atoms with Crippen LogP contribution in [0.15, 0.2) is 12.5 Å². The van der Waals surface area contributed by atoms with Crippen molar-refractivity contribution >= 4 is 5.91 Å². The molecule has 80 valence electrons. The maximum Gasteiger partial charge on any atom is 0.269 e. The molecule has 0 aliphatic heterocycles. The van der Waals surface area contributed by atoms with Crippen LogP contribution in [0.4, 0.5) is 0 Å². The van der Waals surface area contributed by atoms with Crippen LogP contribution in [-0.4, -0.2) is 21.5 Å². The number of hydrogen-bond acceptors (Lipinski definition) is 2. The second-order valence-corrected chi connectivity index (χ2v) is 3.38. The van der Waals surface area contributed by atoms with Crippen molar-refractivity contribution in [3.8, 4) is 12.3 Å². The number of amides is 1. The van der Waals surface area contributed by atoms with E-state index in [1.165, 1.54) is 6.20 Å². The van der Waals surface area contributed by atoms with E-state index in [0.29, 0.717) is 12.1 Å². The summed E-state index contributed by atoms with van der Waals surface area (Å²) in [5, 5.41) is 2.87. The van der Waals surface area contributed by atoms with Gasteiger partial charge < -0.3 is 9.88 Å². The van der Waals surface area contributed by atoms with Crippen LogP contribution in [0.25, 0.3) is 0 Å². The molecule has 0 saturated heterocycles. The van der Waals surface area contributed by atoms with Gasteiger partial charge >= 0.3 is 0 Å².